The van der Waals surface area contributed by atoms with Crippen molar-refractivity contribution in [2.75, 3.05) is 23.3 Å². The molecule has 1 saturated heterocycles. The standard InChI is InChI=1S/C21H24N2O4/c1-15(27-21(26)16-6-5-7-19(24)14-16)20(25)22-17-8-10-18(11-9-17)23-12-3-2-4-13-23/h5-11,14-15,24H,2-4,12-13H2,1H3,(H,22,25)/t15-/m1/s1. The summed E-state index contributed by atoms with van der Waals surface area (Å²) in [5.41, 5.74) is 2.00. The van der Waals surface area contributed by atoms with Crippen LogP contribution in [-0.4, -0.2) is 36.2 Å². The lowest BCUT2D eigenvalue weighted by atomic mass is 10.1. The first kappa shape index (κ1) is 18.8. The van der Waals surface area contributed by atoms with E-state index in [9.17, 15) is 14.7 Å². The molecule has 1 amide bonds. The molecule has 0 radical (unpaired) electrons. The molecule has 2 aromatic rings. The molecule has 0 bridgehead atoms. The van der Waals surface area contributed by atoms with Crippen molar-refractivity contribution in [2.24, 2.45) is 0 Å². The Morgan fingerprint density at radius 2 is 1.78 bits per heavy atom. The minimum Gasteiger partial charge on any atom is -0.508 e. The predicted octanol–water partition coefficient (Wildman–Crippen LogP) is 3.57. The van der Waals surface area contributed by atoms with Crippen LogP contribution in [0.1, 0.15) is 36.5 Å². The number of nitrogens with zero attached hydrogens (tertiary/aromatic N) is 1. The van der Waals surface area contributed by atoms with Crippen molar-refractivity contribution in [3.05, 3.63) is 54.1 Å². The van der Waals surface area contributed by atoms with E-state index < -0.39 is 18.0 Å². The molecule has 0 spiro atoms. The number of ether oxygens (including phenoxy) is 1. The molecule has 27 heavy (non-hydrogen) atoms. The Kier molecular flexibility index (Phi) is 5.96. The van der Waals surface area contributed by atoms with Gasteiger partial charge in [-0.05, 0) is 68.7 Å². The average molecular weight is 368 g/mol. The number of piperidine rings is 1. The first-order valence-corrected chi connectivity index (χ1v) is 9.19. The molecule has 6 nitrogen and oxygen atoms in total. The van der Waals surface area contributed by atoms with Gasteiger partial charge < -0.3 is 20.1 Å². The van der Waals surface area contributed by atoms with Gasteiger partial charge in [0.15, 0.2) is 6.10 Å². The second kappa shape index (κ2) is 8.58. The minimum atomic E-state index is -0.957. The largest absolute Gasteiger partial charge is 0.508 e. The van der Waals surface area contributed by atoms with Gasteiger partial charge in [0.25, 0.3) is 5.91 Å². The molecule has 142 valence electrons. The van der Waals surface area contributed by atoms with Crippen LogP contribution in [0.25, 0.3) is 0 Å². The summed E-state index contributed by atoms with van der Waals surface area (Å²) in [6, 6.07) is 13.5. The molecule has 0 aromatic heterocycles. The van der Waals surface area contributed by atoms with E-state index in [4.69, 9.17) is 4.74 Å². The van der Waals surface area contributed by atoms with Gasteiger partial charge in [-0.2, -0.15) is 0 Å². The number of nitrogens with one attached hydrogen (secondary N) is 1. The second-order valence-electron chi connectivity index (χ2n) is 6.68. The number of carbonyl (C=O) groups is 2. The Morgan fingerprint density at radius 3 is 2.44 bits per heavy atom. The highest BCUT2D eigenvalue weighted by atomic mass is 16.5. The monoisotopic (exact) mass is 368 g/mol. The van der Waals surface area contributed by atoms with Crippen LogP contribution in [-0.2, 0) is 9.53 Å². The summed E-state index contributed by atoms with van der Waals surface area (Å²) in [4.78, 5) is 26.7. The zero-order valence-electron chi connectivity index (χ0n) is 15.4. The molecule has 0 saturated carbocycles. The fraction of sp³-hybridized carbons (Fsp3) is 0.333. The number of phenols is 1. The van der Waals surface area contributed by atoms with Gasteiger partial charge in [0.1, 0.15) is 5.75 Å². The molecule has 0 aliphatic carbocycles. The molecule has 6 heteroatoms. The number of hydrogen-bond donors (Lipinski definition) is 2. The van der Waals surface area contributed by atoms with E-state index in [-0.39, 0.29) is 11.3 Å². The number of rotatable bonds is 5. The van der Waals surface area contributed by atoms with Crippen molar-refractivity contribution < 1.29 is 19.4 Å². The van der Waals surface area contributed by atoms with Gasteiger partial charge in [-0.25, -0.2) is 4.79 Å². The number of carbonyl (C=O) groups excluding carboxylic acids is 2. The molecule has 1 aliphatic rings. The number of phenolic OH excluding ortho intramolecular Hbond substituents is 1. The van der Waals surface area contributed by atoms with E-state index in [0.29, 0.717) is 5.69 Å². The van der Waals surface area contributed by atoms with Crippen molar-refractivity contribution in [3.8, 4) is 5.75 Å². The Labute approximate surface area is 158 Å². The van der Waals surface area contributed by atoms with Crippen molar-refractivity contribution >= 4 is 23.3 Å². The Morgan fingerprint density at radius 1 is 1.07 bits per heavy atom. The van der Waals surface area contributed by atoms with Crippen molar-refractivity contribution in [2.45, 2.75) is 32.3 Å². The maximum Gasteiger partial charge on any atom is 0.339 e. The van der Waals surface area contributed by atoms with Crippen LogP contribution >= 0.6 is 0 Å². The number of anilines is 2. The summed E-state index contributed by atoms with van der Waals surface area (Å²) >= 11 is 0. The maximum atomic E-state index is 12.3. The first-order chi connectivity index (χ1) is 13.0. The third kappa shape index (κ3) is 5.00. The van der Waals surface area contributed by atoms with Crippen LogP contribution in [0.4, 0.5) is 11.4 Å². The molecule has 1 aliphatic heterocycles. The summed E-state index contributed by atoms with van der Waals surface area (Å²) in [7, 11) is 0. The van der Waals surface area contributed by atoms with Gasteiger partial charge in [0.05, 0.1) is 5.56 Å². The third-order valence-electron chi connectivity index (χ3n) is 4.59. The molecule has 1 atom stereocenters. The number of hydrogen-bond acceptors (Lipinski definition) is 5. The van der Waals surface area contributed by atoms with Crippen LogP contribution < -0.4 is 10.2 Å². The molecular formula is C21H24N2O4. The van der Waals surface area contributed by atoms with E-state index >= 15 is 0 Å². The van der Waals surface area contributed by atoms with Crippen LogP contribution in [0.3, 0.4) is 0 Å². The Balaban J connectivity index is 1.55. The normalized spacial score (nSPS) is 15.1. The summed E-state index contributed by atoms with van der Waals surface area (Å²) in [6.07, 6.45) is 2.74. The van der Waals surface area contributed by atoms with Gasteiger partial charge in [-0.15, -0.1) is 0 Å². The lowest BCUT2D eigenvalue weighted by Gasteiger charge is -2.28. The third-order valence-corrected chi connectivity index (χ3v) is 4.59. The van der Waals surface area contributed by atoms with Crippen molar-refractivity contribution in [1.82, 2.24) is 0 Å². The topological polar surface area (TPSA) is 78.9 Å². The summed E-state index contributed by atoms with van der Waals surface area (Å²) in [5.74, 6) is -1.10. The highest BCUT2D eigenvalue weighted by Crippen LogP contribution is 2.22. The number of aromatic hydroxyl groups is 1. The van der Waals surface area contributed by atoms with Crippen molar-refractivity contribution in [1.29, 1.82) is 0 Å². The minimum absolute atomic E-state index is 0.0321. The van der Waals surface area contributed by atoms with Crippen LogP contribution in [0.2, 0.25) is 0 Å². The lowest BCUT2D eigenvalue weighted by molar-refractivity contribution is -0.123. The zero-order chi connectivity index (χ0) is 19.2. The molecule has 0 unspecified atom stereocenters. The van der Waals surface area contributed by atoms with Gasteiger partial charge in [-0.3, -0.25) is 4.79 Å². The highest BCUT2D eigenvalue weighted by molar-refractivity contribution is 5.97. The molecule has 3 rings (SSSR count). The molecule has 1 fully saturated rings. The molecule has 2 aromatic carbocycles. The fourth-order valence-electron chi connectivity index (χ4n) is 3.07. The predicted molar refractivity (Wildman–Crippen MR) is 104 cm³/mol. The quantitative estimate of drug-likeness (QED) is 0.789. The SMILES string of the molecule is C[C@@H](OC(=O)c1cccc(O)c1)C(=O)Nc1ccc(N2CCCCC2)cc1. The molecule has 1 heterocycles. The van der Waals surface area contributed by atoms with Crippen molar-refractivity contribution in [3.63, 3.8) is 0 Å². The van der Waals surface area contributed by atoms with Crippen LogP contribution in [0, 0.1) is 0 Å². The lowest BCUT2D eigenvalue weighted by Crippen LogP contribution is -2.30. The first-order valence-electron chi connectivity index (χ1n) is 9.19. The van der Waals surface area contributed by atoms with E-state index in [1.165, 1.54) is 44.4 Å². The van der Waals surface area contributed by atoms with E-state index in [2.05, 4.69) is 10.2 Å². The summed E-state index contributed by atoms with van der Waals surface area (Å²) in [6.45, 7) is 3.64. The summed E-state index contributed by atoms with van der Waals surface area (Å²) < 4.78 is 5.17. The van der Waals surface area contributed by atoms with Crippen LogP contribution in [0.15, 0.2) is 48.5 Å². The fourth-order valence-corrected chi connectivity index (χ4v) is 3.07. The Hall–Kier alpha value is -3.02. The number of esters is 1. The smallest absolute Gasteiger partial charge is 0.339 e. The Bertz CT molecular complexity index is 798. The van der Waals surface area contributed by atoms with Crippen LogP contribution in [0.5, 0.6) is 5.75 Å². The summed E-state index contributed by atoms with van der Waals surface area (Å²) in [5, 5.41) is 12.2. The van der Waals surface area contributed by atoms with Gasteiger partial charge in [0.2, 0.25) is 0 Å². The zero-order valence-corrected chi connectivity index (χ0v) is 15.4. The number of amides is 1. The van der Waals surface area contributed by atoms with E-state index in [1.54, 1.807) is 6.07 Å². The second-order valence-corrected chi connectivity index (χ2v) is 6.68. The van der Waals surface area contributed by atoms with Gasteiger partial charge >= 0.3 is 5.97 Å². The molecule has 2 N–H and O–H groups in total. The number of benzene rings is 2. The molecular weight excluding hydrogens is 344 g/mol. The van der Waals surface area contributed by atoms with E-state index in [1.807, 2.05) is 24.3 Å². The van der Waals surface area contributed by atoms with Gasteiger partial charge in [0, 0.05) is 24.5 Å². The maximum absolute atomic E-state index is 12.3. The average Bonchev–Trinajstić information content (AvgIpc) is 2.69. The highest BCUT2D eigenvalue weighted by Gasteiger charge is 2.19. The van der Waals surface area contributed by atoms with Gasteiger partial charge in [-0.1, -0.05) is 6.07 Å². The van der Waals surface area contributed by atoms with E-state index in [0.717, 1.165) is 18.8 Å².